The molecule has 128 valence electrons. The van der Waals surface area contributed by atoms with E-state index in [4.69, 9.17) is 25.5 Å². The molecule has 0 saturated carbocycles. The van der Waals surface area contributed by atoms with E-state index in [0.29, 0.717) is 0 Å². The summed E-state index contributed by atoms with van der Waals surface area (Å²) < 4.78 is 0. The Morgan fingerprint density at radius 2 is 1.46 bits per heavy atom. The number of nitro groups is 1. The van der Waals surface area contributed by atoms with Crippen molar-refractivity contribution in [1.82, 2.24) is 0 Å². The molecule has 0 aliphatic carbocycles. The second kappa shape index (κ2) is 10.5. The summed E-state index contributed by atoms with van der Waals surface area (Å²) in [6.45, 7) is 0. The molecule has 24 heavy (non-hydrogen) atoms. The Kier molecular flexibility index (Phi) is 10.6. The van der Waals surface area contributed by atoms with Crippen LogP contribution in [-0.4, -0.2) is 83.5 Å². The third-order valence-corrected chi connectivity index (χ3v) is 2.36. The molecule has 1 rings (SSSR count). The van der Waals surface area contributed by atoms with Gasteiger partial charge < -0.3 is 25.5 Å². The van der Waals surface area contributed by atoms with Crippen LogP contribution in [-0.2, 0) is 14.4 Å². The van der Waals surface area contributed by atoms with Crippen LogP contribution in [0.5, 0.6) is 5.75 Å². The average Bonchev–Trinajstić information content (AvgIpc) is 2.37. The quantitative estimate of drug-likeness (QED) is 0.250. The predicted molar refractivity (Wildman–Crippen MR) is 79.0 cm³/mol. The van der Waals surface area contributed by atoms with Crippen LogP contribution in [0.15, 0.2) is 24.3 Å². The van der Waals surface area contributed by atoms with Crippen LogP contribution in [0.1, 0.15) is 12.8 Å². The fraction of sp³-hybridized carbons (Fsp3) is 0.250. The van der Waals surface area contributed by atoms with Gasteiger partial charge in [0.25, 0.3) is 0 Å². The van der Waals surface area contributed by atoms with Gasteiger partial charge in [0, 0.05) is 6.07 Å². The Labute approximate surface area is 156 Å². The van der Waals surface area contributed by atoms with Gasteiger partial charge in [0.2, 0.25) is 0 Å². The van der Waals surface area contributed by atoms with E-state index < -0.39 is 41.3 Å². The number of benzene rings is 1. The van der Waals surface area contributed by atoms with Gasteiger partial charge in [-0.3, -0.25) is 19.7 Å². The third-order valence-electron chi connectivity index (χ3n) is 2.36. The van der Waals surface area contributed by atoms with Crippen LogP contribution < -0.4 is 0 Å². The summed E-state index contributed by atoms with van der Waals surface area (Å²) in [5, 5.41) is 52.7. The minimum atomic E-state index is -2.74. The van der Waals surface area contributed by atoms with Gasteiger partial charge in [-0.05, 0) is 6.07 Å². The van der Waals surface area contributed by atoms with Crippen molar-refractivity contribution in [2.75, 3.05) is 0 Å². The van der Waals surface area contributed by atoms with Crippen molar-refractivity contribution >= 4 is 53.2 Å². The van der Waals surface area contributed by atoms with Gasteiger partial charge in [0.1, 0.15) is 0 Å². The molecular formula is C12H14NNaO10. The summed E-state index contributed by atoms with van der Waals surface area (Å²) in [5.74, 6) is -5.32. The summed E-state index contributed by atoms with van der Waals surface area (Å²) in [6, 6.07) is 5.55. The number of carboxylic acid groups (broad SMARTS) is 3. The number of aromatic hydroxyl groups is 1. The van der Waals surface area contributed by atoms with Gasteiger partial charge in [-0.2, -0.15) is 0 Å². The number of rotatable bonds is 6. The molecule has 0 bridgehead atoms. The number of aliphatic carboxylic acids is 3. The number of nitrogens with zero attached hydrogens (tertiary/aromatic N) is 1. The summed E-state index contributed by atoms with van der Waals surface area (Å²) >= 11 is 0. The molecule has 0 fully saturated rings. The Bertz CT molecular complexity index is 602. The summed E-state index contributed by atoms with van der Waals surface area (Å²) in [5.41, 5.74) is -3.00. The molecule has 11 nitrogen and oxygen atoms in total. The maximum absolute atomic E-state index is 10.3. The van der Waals surface area contributed by atoms with Crippen molar-refractivity contribution in [2.24, 2.45) is 0 Å². The number of carboxylic acids is 3. The summed E-state index contributed by atoms with van der Waals surface area (Å²) in [7, 11) is 0. The third kappa shape index (κ3) is 8.43. The van der Waals surface area contributed by atoms with Crippen molar-refractivity contribution in [1.29, 1.82) is 0 Å². The van der Waals surface area contributed by atoms with Crippen molar-refractivity contribution in [2.45, 2.75) is 18.4 Å². The molecule has 0 aromatic heterocycles. The van der Waals surface area contributed by atoms with Gasteiger partial charge in [-0.15, -0.1) is 0 Å². The zero-order valence-corrected chi connectivity index (χ0v) is 11.4. The van der Waals surface area contributed by atoms with E-state index in [0.717, 1.165) is 0 Å². The number of carbonyl (C=O) groups is 3. The number of para-hydroxylation sites is 2. The topological polar surface area (TPSA) is 195 Å². The van der Waals surface area contributed by atoms with Gasteiger partial charge in [-0.1, -0.05) is 12.1 Å². The van der Waals surface area contributed by atoms with Crippen LogP contribution >= 0.6 is 0 Å². The standard InChI is InChI=1S/C6H5NO3.C6H8O7.Na.H/c8-6-4-2-1-3-5(6)7(9)10;7-3(8)1-6(13,5(11)12)2-4(9)10;;/h1-4,8H;13H,1-2H2,(H,7,8)(H,9,10)(H,11,12);;. The fourth-order valence-electron chi connectivity index (χ4n) is 1.33. The SMILES string of the molecule is O=C(O)CC(O)(CC(=O)O)C(=O)O.O=[N+]([O-])c1ccccc1O.[NaH]. The van der Waals surface area contributed by atoms with E-state index in [1.807, 2.05) is 0 Å². The predicted octanol–water partition coefficient (Wildman–Crippen LogP) is -0.597. The van der Waals surface area contributed by atoms with Crippen LogP contribution in [0.3, 0.4) is 0 Å². The van der Waals surface area contributed by atoms with Crippen LogP contribution in [0, 0.1) is 10.1 Å². The first-order valence-corrected chi connectivity index (χ1v) is 5.81. The van der Waals surface area contributed by atoms with E-state index in [1.54, 1.807) is 0 Å². The van der Waals surface area contributed by atoms with Crippen molar-refractivity contribution < 1.29 is 44.8 Å². The zero-order chi connectivity index (χ0) is 18.2. The van der Waals surface area contributed by atoms with E-state index in [2.05, 4.69) is 0 Å². The van der Waals surface area contributed by atoms with Gasteiger partial charge >= 0.3 is 53.2 Å². The van der Waals surface area contributed by atoms with Crippen LogP contribution in [0.2, 0.25) is 0 Å². The first-order valence-electron chi connectivity index (χ1n) is 5.81. The average molecular weight is 355 g/mol. The van der Waals surface area contributed by atoms with Crippen LogP contribution in [0.25, 0.3) is 0 Å². The molecule has 0 heterocycles. The zero-order valence-electron chi connectivity index (χ0n) is 11.4. The van der Waals surface area contributed by atoms with Crippen molar-refractivity contribution in [3.8, 4) is 5.75 Å². The van der Waals surface area contributed by atoms with Gasteiger partial charge in [-0.25, -0.2) is 4.79 Å². The summed E-state index contributed by atoms with van der Waals surface area (Å²) in [4.78, 5) is 39.9. The number of hydrogen-bond donors (Lipinski definition) is 5. The molecular weight excluding hydrogens is 341 g/mol. The molecule has 0 atom stereocenters. The van der Waals surface area contributed by atoms with E-state index >= 15 is 0 Å². The number of aliphatic hydroxyl groups is 1. The Morgan fingerprint density at radius 1 is 1.04 bits per heavy atom. The minimum absolute atomic E-state index is 0. The first-order chi connectivity index (χ1) is 10.5. The molecule has 0 radical (unpaired) electrons. The number of hydrogen-bond acceptors (Lipinski definition) is 7. The Morgan fingerprint density at radius 3 is 1.71 bits per heavy atom. The molecule has 0 spiro atoms. The maximum atomic E-state index is 10.3. The van der Waals surface area contributed by atoms with E-state index in [-0.39, 0.29) is 41.0 Å². The second-order valence-corrected chi connectivity index (χ2v) is 4.22. The fourth-order valence-corrected chi connectivity index (χ4v) is 1.33. The van der Waals surface area contributed by atoms with Crippen LogP contribution in [0.4, 0.5) is 5.69 Å². The monoisotopic (exact) mass is 355 g/mol. The molecule has 0 aliphatic heterocycles. The first kappa shape index (κ1) is 24.0. The molecule has 12 heteroatoms. The molecule has 0 saturated heterocycles. The molecule has 1 aromatic rings. The van der Waals surface area contributed by atoms with E-state index in [9.17, 15) is 24.5 Å². The van der Waals surface area contributed by atoms with Gasteiger partial charge in [0.05, 0.1) is 17.8 Å². The van der Waals surface area contributed by atoms with E-state index in [1.165, 1.54) is 24.3 Å². The molecule has 0 unspecified atom stereocenters. The second-order valence-electron chi connectivity index (χ2n) is 4.22. The Hall–Kier alpha value is -2.21. The molecule has 5 N–H and O–H groups in total. The van der Waals surface area contributed by atoms with Crippen molar-refractivity contribution in [3.05, 3.63) is 34.4 Å². The number of phenols is 1. The molecule has 0 amide bonds. The summed E-state index contributed by atoms with van der Waals surface area (Å²) in [6.07, 6.45) is -2.29. The number of nitro benzene ring substituents is 1. The molecule has 1 aromatic carbocycles. The number of phenolic OH excluding ortho intramolecular Hbond substituents is 1. The Balaban J connectivity index is 0. The molecule has 0 aliphatic rings. The van der Waals surface area contributed by atoms with Gasteiger partial charge in [0.15, 0.2) is 11.4 Å². The van der Waals surface area contributed by atoms with Crippen molar-refractivity contribution in [3.63, 3.8) is 0 Å². The normalized spacial score (nSPS) is 9.71.